The highest BCUT2D eigenvalue weighted by molar-refractivity contribution is 6.33. The van der Waals surface area contributed by atoms with Gasteiger partial charge in [-0.15, -0.1) is 0 Å². The van der Waals surface area contributed by atoms with E-state index in [-0.39, 0.29) is 5.92 Å². The Morgan fingerprint density at radius 2 is 1.77 bits per heavy atom. The summed E-state index contributed by atoms with van der Waals surface area (Å²) in [6.07, 6.45) is 5.97. The lowest BCUT2D eigenvalue weighted by atomic mass is 9.83. The minimum absolute atomic E-state index is 0.245. The second-order valence-corrected chi connectivity index (χ2v) is 12.8. The van der Waals surface area contributed by atoms with Crippen LogP contribution < -0.4 is 5.32 Å². The van der Waals surface area contributed by atoms with Crippen molar-refractivity contribution in [1.82, 2.24) is 14.9 Å². The summed E-state index contributed by atoms with van der Waals surface area (Å²) in [6.45, 7) is 10.2. The fraction of sp³-hybridized carbons (Fsp3) is 0.353. The fourth-order valence-electron chi connectivity index (χ4n) is 4.99. The first kappa shape index (κ1) is 28.0. The first-order valence-corrected chi connectivity index (χ1v) is 14.6. The number of nitrogens with one attached hydrogen (secondary N) is 2. The molecule has 1 aliphatic carbocycles. The largest absolute Gasteiger partial charge is 0.355 e. The van der Waals surface area contributed by atoms with Gasteiger partial charge < -0.3 is 15.2 Å². The number of hydrogen-bond acceptors (Lipinski definition) is 3. The molecule has 0 unspecified atom stereocenters. The number of imidazole rings is 1. The van der Waals surface area contributed by atoms with Crippen molar-refractivity contribution < 1.29 is 4.79 Å². The molecule has 0 spiro atoms. The van der Waals surface area contributed by atoms with Crippen molar-refractivity contribution in [3.63, 3.8) is 0 Å². The van der Waals surface area contributed by atoms with Crippen LogP contribution in [0.15, 0.2) is 72.9 Å². The predicted molar refractivity (Wildman–Crippen MR) is 166 cm³/mol. The van der Waals surface area contributed by atoms with Gasteiger partial charge in [0, 0.05) is 35.9 Å². The topological polar surface area (TPSA) is 61.0 Å². The number of amides is 1. The molecule has 6 heteroatoms. The zero-order valence-electron chi connectivity index (χ0n) is 23.9. The summed E-state index contributed by atoms with van der Waals surface area (Å²) < 4.78 is 0. The summed E-state index contributed by atoms with van der Waals surface area (Å²) in [6, 6.07) is 22.4. The third kappa shape index (κ3) is 6.76. The molecule has 0 bridgehead atoms. The number of halogens is 1. The molecule has 2 aliphatic rings. The maximum atomic E-state index is 12.8. The van der Waals surface area contributed by atoms with E-state index in [4.69, 9.17) is 11.6 Å². The maximum absolute atomic E-state index is 12.8. The molecule has 40 heavy (non-hydrogen) atoms. The quantitative estimate of drug-likeness (QED) is 0.259. The number of H-pyrrole nitrogens is 1. The van der Waals surface area contributed by atoms with Crippen LogP contribution in [-0.2, 0) is 17.8 Å². The molecule has 1 amide bonds. The molecule has 5 nitrogen and oxygen atoms in total. The van der Waals surface area contributed by atoms with Crippen molar-refractivity contribution in [3.05, 3.63) is 89.1 Å². The average molecular weight is 555 g/mol. The molecule has 3 aromatic carbocycles. The fourth-order valence-corrected chi connectivity index (χ4v) is 5.20. The summed E-state index contributed by atoms with van der Waals surface area (Å²) in [5.74, 6) is 1.31. The smallest absolute Gasteiger partial charge is 0.225 e. The zero-order valence-corrected chi connectivity index (χ0v) is 24.7. The van der Waals surface area contributed by atoms with Gasteiger partial charge in [-0.1, -0.05) is 88.2 Å². The molecule has 0 atom stereocenters. The van der Waals surface area contributed by atoms with Gasteiger partial charge in [0.05, 0.1) is 16.9 Å². The monoisotopic (exact) mass is 554 g/mol. The Labute approximate surface area is 243 Å². The van der Waals surface area contributed by atoms with Crippen molar-refractivity contribution in [2.24, 2.45) is 11.3 Å². The number of anilines is 2. The SMILES string of the molecule is CC(C)(C)C.O=C(C1CCC1)N1CCc2c(cccc2Nc2ccc(Cl)c(-c3ncc(-c4ccccc4)[nH]3)c2)C1. The van der Waals surface area contributed by atoms with Gasteiger partial charge >= 0.3 is 0 Å². The van der Waals surface area contributed by atoms with Crippen molar-refractivity contribution >= 4 is 28.9 Å². The molecule has 1 aromatic heterocycles. The van der Waals surface area contributed by atoms with Gasteiger partial charge in [-0.2, -0.15) is 0 Å². The second kappa shape index (κ2) is 11.9. The Hall–Kier alpha value is -3.57. The van der Waals surface area contributed by atoms with Gasteiger partial charge in [0.15, 0.2) is 0 Å². The average Bonchev–Trinajstić information content (AvgIpc) is 3.38. The van der Waals surface area contributed by atoms with Gasteiger partial charge in [-0.3, -0.25) is 4.79 Å². The summed E-state index contributed by atoms with van der Waals surface area (Å²) in [5.41, 5.74) is 7.92. The van der Waals surface area contributed by atoms with Gasteiger partial charge in [0.25, 0.3) is 0 Å². The standard InChI is InChI=1S/C29H27ClN4O.C5H12/c30-25-13-12-22(16-24(25)28-31-17-27(33-28)19-6-2-1-3-7-19)32-26-11-5-10-21-18-34(15-14-23(21)26)29(35)20-8-4-9-20;1-5(2,3)4/h1-3,5-7,10-13,16-17,20,32H,4,8-9,14-15,18H2,(H,31,33);1-4H3. The number of aromatic amines is 1. The van der Waals surface area contributed by atoms with Crippen molar-refractivity contribution in [2.75, 3.05) is 11.9 Å². The van der Waals surface area contributed by atoms with E-state index < -0.39 is 0 Å². The van der Waals surface area contributed by atoms with E-state index >= 15 is 0 Å². The van der Waals surface area contributed by atoms with Crippen LogP contribution in [0.1, 0.15) is 58.1 Å². The van der Waals surface area contributed by atoms with Crippen LogP contribution in [0.2, 0.25) is 5.02 Å². The molecule has 2 heterocycles. The van der Waals surface area contributed by atoms with Gasteiger partial charge in [0.2, 0.25) is 5.91 Å². The highest BCUT2D eigenvalue weighted by Gasteiger charge is 2.31. The Bertz CT molecular complexity index is 1460. The van der Waals surface area contributed by atoms with Crippen LogP contribution in [-0.4, -0.2) is 27.3 Å². The third-order valence-corrected chi connectivity index (χ3v) is 7.52. The molecular weight excluding hydrogens is 516 g/mol. The molecule has 0 saturated heterocycles. The predicted octanol–water partition coefficient (Wildman–Crippen LogP) is 8.88. The number of carbonyl (C=O) groups is 1. The lowest BCUT2D eigenvalue weighted by Gasteiger charge is -2.35. The minimum atomic E-state index is 0.245. The van der Waals surface area contributed by atoms with Crippen LogP contribution >= 0.6 is 11.6 Å². The minimum Gasteiger partial charge on any atom is -0.355 e. The lowest BCUT2D eigenvalue weighted by molar-refractivity contribution is -0.139. The third-order valence-electron chi connectivity index (χ3n) is 7.19. The van der Waals surface area contributed by atoms with Gasteiger partial charge in [0.1, 0.15) is 5.82 Å². The summed E-state index contributed by atoms with van der Waals surface area (Å²) in [5, 5.41) is 4.24. The number of fused-ring (bicyclic) bond motifs is 1. The van der Waals surface area contributed by atoms with Gasteiger partial charge in [-0.25, -0.2) is 4.98 Å². The van der Waals surface area contributed by atoms with Crippen molar-refractivity contribution in [1.29, 1.82) is 0 Å². The molecule has 1 fully saturated rings. The van der Waals surface area contributed by atoms with Crippen molar-refractivity contribution in [3.8, 4) is 22.6 Å². The Morgan fingerprint density at radius 1 is 1.02 bits per heavy atom. The number of benzene rings is 3. The van der Waals surface area contributed by atoms with E-state index in [0.717, 1.165) is 59.8 Å². The van der Waals surface area contributed by atoms with Crippen LogP contribution in [0.25, 0.3) is 22.6 Å². The summed E-state index contributed by atoms with van der Waals surface area (Å²) in [7, 11) is 0. The second-order valence-electron chi connectivity index (χ2n) is 12.4. The Kier molecular flexibility index (Phi) is 8.32. The number of rotatable bonds is 5. The van der Waals surface area contributed by atoms with E-state index in [0.29, 0.717) is 22.9 Å². The summed E-state index contributed by atoms with van der Waals surface area (Å²) in [4.78, 5) is 22.8. The molecule has 0 radical (unpaired) electrons. The Balaban J connectivity index is 0.000000595. The number of nitrogens with zero attached hydrogens (tertiary/aromatic N) is 2. The van der Waals surface area contributed by atoms with Crippen LogP contribution in [0, 0.1) is 11.3 Å². The highest BCUT2D eigenvalue weighted by Crippen LogP contribution is 2.35. The van der Waals surface area contributed by atoms with Crippen molar-refractivity contribution in [2.45, 2.75) is 59.9 Å². The molecule has 1 aliphatic heterocycles. The van der Waals surface area contributed by atoms with E-state index in [1.807, 2.05) is 47.5 Å². The van der Waals surface area contributed by atoms with Crippen LogP contribution in [0.5, 0.6) is 0 Å². The van der Waals surface area contributed by atoms with E-state index in [9.17, 15) is 4.79 Å². The number of aromatic nitrogens is 2. The van der Waals surface area contributed by atoms with Gasteiger partial charge in [-0.05, 0) is 65.6 Å². The maximum Gasteiger partial charge on any atom is 0.225 e. The number of carbonyl (C=O) groups excluding carboxylic acids is 1. The zero-order chi connectivity index (χ0) is 28.3. The molecule has 2 N–H and O–H groups in total. The molecule has 208 valence electrons. The number of hydrogen-bond donors (Lipinski definition) is 2. The Morgan fingerprint density at radius 3 is 2.48 bits per heavy atom. The summed E-state index contributed by atoms with van der Waals surface area (Å²) >= 11 is 6.57. The van der Waals surface area contributed by atoms with Crippen LogP contribution in [0.3, 0.4) is 0 Å². The first-order chi connectivity index (χ1) is 19.2. The lowest BCUT2D eigenvalue weighted by Crippen LogP contribution is -2.41. The van der Waals surface area contributed by atoms with E-state index in [2.05, 4.69) is 73.3 Å². The molecular formula is C34H39ClN4O. The van der Waals surface area contributed by atoms with E-state index in [1.165, 1.54) is 17.5 Å². The molecule has 6 rings (SSSR count). The molecule has 4 aromatic rings. The first-order valence-electron chi connectivity index (χ1n) is 14.2. The highest BCUT2D eigenvalue weighted by atomic mass is 35.5. The normalized spacial score (nSPS) is 15.0. The van der Waals surface area contributed by atoms with E-state index in [1.54, 1.807) is 0 Å². The van der Waals surface area contributed by atoms with Crippen LogP contribution in [0.4, 0.5) is 11.4 Å². The molecule has 1 saturated carbocycles.